The summed E-state index contributed by atoms with van der Waals surface area (Å²) in [6.07, 6.45) is 0. The standard InChI is InChI=1S/C6H11N5O.ClH/c1-11(2)6-9-4(8)3(7)5(12)10-6;/h7H2,1-2H3,(H3,8,9,10,12);1H. The van der Waals surface area contributed by atoms with E-state index < -0.39 is 5.56 Å². The van der Waals surface area contributed by atoms with Crippen LogP contribution in [0.2, 0.25) is 0 Å². The van der Waals surface area contributed by atoms with E-state index in [1.807, 2.05) is 0 Å². The van der Waals surface area contributed by atoms with Crippen LogP contribution in [0.15, 0.2) is 4.79 Å². The minimum atomic E-state index is -0.411. The van der Waals surface area contributed by atoms with Crippen LogP contribution in [0.5, 0.6) is 0 Å². The third-order valence-electron chi connectivity index (χ3n) is 1.40. The van der Waals surface area contributed by atoms with Gasteiger partial charge in [0.15, 0.2) is 5.82 Å². The number of hydrogen-bond donors (Lipinski definition) is 3. The molecule has 0 aliphatic rings. The maximum atomic E-state index is 11.0. The van der Waals surface area contributed by atoms with Crippen LogP contribution in [-0.2, 0) is 0 Å². The highest BCUT2D eigenvalue weighted by molar-refractivity contribution is 5.85. The van der Waals surface area contributed by atoms with E-state index in [-0.39, 0.29) is 23.9 Å². The number of hydrogen-bond acceptors (Lipinski definition) is 5. The number of H-pyrrole nitrogens is 1. The van der Waals surface area contributed by atoms with E-state index in [9.17, 15) is 4.79 Å². The third kappa shape index (κ3) is 2.25. The quantitative estimate of drug-likeness (QED) is 0.570. The summed E-state index contributed by atoms with van der Waals surface area (Å²) in [5.41, 5.74) is 10.2. The number of aromatic amines is 1. The number of nitrogens with zero attached hydrogens (tertiary/aromatic N) is 2. The lowest BCUT2D eigenvalue weighted by Crippen LogP contribution is -2.22. The fourth-order valence-corrected chi connectivity index (χ4v) is 0.699. The second kappa shape index (κ2) is 3.99. The van der Waals surface area contributed by atoms with Gasteiger partial charge in [0.25, 0.3) is 5.56 Å². The van der Waals surface area contributed by atoms with Gasteiger partial charge in [-0.05, 0) is 0 Å². The second-order valence-electron chi connectivity index (χ2n) is 2.58. The van der Waals surface area contributed by atoms with Crippen LogP contribution in [0, 0.1) is 0 Å². The molecule has 74 valence electrons. The SMILES string of the molecule is CN(C)c1nc(N)c(N)c(=O)[nH]1.Cl. The minimum Gasteiger partial charge on any atom is -0.391 e. The largest absolute Gasteiger partial charge is 0.391 e. The normalized spacial score (nSPS) is 9.08. The van der Waals surface area contributed by atoms with Crippen LogP contribution < -0.4 is 21.9 Å². The van der Waals surface area contributed by atoms with E-state index in [1.54, 1.807) is 19.0 Å². The molecule has 0 atom stereocenters. The number of anilines is 3. The summed E-state index contributed by atoms with van der Waals surface area (Å²) >= 11 is 0. The fraction of sp³-hybridized carbons (Fsp3) is 0.333. The van der Waals surface area contributed by atoms with Crippen LogP contribution in [0.4, 0.5) is 17.5 Å². The first kappa shape index (κ1) is 11.6. The van der Waals surface area contributed by atoms with Crippen LogP contribution in [0.25, 0.3) is 0 Å². The van der Waals surface area contributed by atoms with Gasteiger partial charge in [-0.3, -0.25) is 9.78 Å². The van der Waals surface area contributed by atoms with Crippen LogP contribution in [-0.4, -0.2) is 24.1 Å². The molecule has 0 saturated carbocycles. The van der Waals surface area contributed by atoms with Gasteiger partial charge in [0.05, 0.1) is 0 Å². The van der Waals surface area contributed by atoms with E-state index in [2.05, 4.69) is 9.97 Å². The van der Waals surface area contributed by atoms with Gasteiger partial charge in [-0.25, -0.2) is 0 Å². The Morgan fingerprint density at radius 1 is 1.38 bits per heavy atom. The molecular formula is C6H12ClN5O. The summed E-state index contributed by atoms with van der Waals surface area (Å²) in [6, 6.07) is 0. The summed E-state index contributed by atoms with van der Waals surface area (Å²) in [6.45, 7) is 0. The van der Waals surface area contributed by atoms with Crippen molar-refractivity contribution in [3.63, 3.8) is 0 Å². The Hall–Kier alpha value is -1.43. The average molecular weight is 206 g/mol. The highest BCUT2D eigenvalue weighted by Crippen LogP contribution is 2.07. The van der Waals surface area contributed by atoms with Gasteiger partial charge in [-0.15, -0.1) is 12.4 Å². The van der Waals surface area contributed by atoms with Gasteiger partial charge < -0.3 is 16.4 Å². The van der Waals surface area contributed by atoms with Crippen molar-refractivity contribution in [3.8, 4) is 0 Å². The van der Waals surface area contributed by atoms with Crippen LogP contribution in [0.3, 0.4) is 0 Å². The van der Waals surface area contributed by atoms with Crippen LogP contribution >= 0.6 is 12.4 Å². The van der Waals surface area contributed by atoms with Gasteiger partial charge in [0, 0.05) is 14.1 Å². The maximum absolute atomic E-state index is 11.0. The van der Waals surface area contributed by atoms with E-state index in [1.165, 1.54) is 0 Å². The number of nitrogens with one attached hydrogen (secondary N) is 1. The first-order valence-corrected chi connectivity index (χ1v) is 3.35. The van der Waals surface area contributed by atoms with Gasteiger partial charge in [-0.2, -0.15) is 4.98 Å². The molecule has 0 aliphatic carbocycles. The number of aromatic nitrogens is 2. The van der Waals surface area contributed by atoms with E-state index in [4.69, 9.17) is 11.5 Å². The van der Waals surface area contributed by atoms with Crippen molar-refractivity contribution in [1.29, 1.82) is 0 Å². The van der Waals surface area contributed by atoms with E-state index in [0.29, 0.717) is 5.95 Å². The topological polar surface area (TPSA) is 101 Å². The molecule has 0 radical (unpaired) electrons. The van der Waals surface area contributed by atoms with Gasteiger partial charge in [-0.1, -0.05) is 0 Å². The lowest BCUT2D eigenvalue weighted by atomic mass is 10.5. The Morgan fingerprint density at radius 3 is 2.31 bits per heavy atom. The molecule has 0 aromatic carbocycles. The molecule has 0 unspecified atom stereocenters. The maximum Gasteiger partial charge on any atom is 0.277 e. The second-order valence-corrected chi connectivity index (χ2v) is 2.58. The molecule has 1 heterocycles. The summed E-state index contributed by atoms with van der Waals surface area (Å²) in [4.78, 5) is 19.0. The molecule has 0 fully saturated rings. The van der Waals surface area contributed by atoms with Gasteiger partial charge in [0.1, 0.15) is 5.69 Å². The zero-order valence-electron chi connectivity index (χ0n) is 7.37. The van der Waals surface area contributed by atoms with Crippen molar-refractivity contribution in [2.45, 2.75) is 0 Å². The molecule has 0 saturated heterocycles. The van der Waals surface area contributed by atoms with Crippen molar-refractivity contribution < 1.29 is 0 Å². The van der Waals surface area contributed by atoms with Crippen molar-refractivity contribution >= 4 is 29.9 Å². The summed E-state index contributed by atoms with van der Waals surface area (Å²) in [5, 5.41) is 0. The molecule has 1 aromatic heterocycles. The van der Waals surface area contributed by atoms with Crippen LogP contribution in [0.1, 0.15) is 0 Å². The minimum absolute atomic E-state index is 0. The lowest BCUT2D eigenvalue weighted by molar-refractivity contribution is 0.988. The molecule has 13 heavy (non-hydrogen) atoms. The van der Waals surface area contributed by atoms with E-state index in [0.717, 1.165) is 0 Å². The third-order valence-corrected chi connectivity index (χ3v) is 1.40. The lowest BCUT2D eigenvalue weighted by Gasteiger charge is -2.10. The first-order chi connectivity index (χ1) is 5.52. The summed E-state index contributed by atoms with van der Waals surface area (Å²) < 4.78 is 0. The summed E-state index contributed by atoms with van der Waals surface area (Å²) in [5.74, 6) is 0.453. The van der Waals surface area contributed by atoms with Gasteiger partial charge >= 0.3 is 0 Å². The Balaban J connectivity index is 0.00000144. The molecule has 0 amide bonds. The molecule has 7 heteroatoms. The summed E-state index contributed by atoms with van der Waals surface area (Å²) in [7, 11) is 3.49. The monoisotopic (exact) mass is 205 g/mol. The molecule has 0 bridgehead atoms. The molecule has 1 aromatic rings. The first-order valence-electron chi connectivity index (χ1n) is 3.35. The number of rotatable bonds is 1. The Labute approximate surface area is 81.4 Å². The molecule has 1 rings (SSSR count). The molecule has 5 N–H and O–H groups in total. The van der Waals surface area contributed by atoms with E-state index >= 15 is 0 Å². The van der Waals surface area contributed by atoms with Crippen molar-refractivity contribution in [2.24, 2.45) is 0 Å². The van der Waals surface area contributed by atoms with Gasteiger partial charge in [0.2, 0.25) is 5.95 Å². The zero-order valence-corrected chi connectivity index (χ0v) is 8.18. The van der Waals surface area contributed by atoms with Crippen molar-refractivity contribution in [1.82, 2.24) is 9.97 Å². The fourth-order valence-electron chi connectivity index (χ4n) is 0.699. The smallest absolute Gasteiger partial charge is 0.277 e. The predicted molar refractivity (Wildman–Crippen MR) is 55.3 cm³/mol. The molecule has 6 nitrogen and oxygen atoms in total. The highest BCUT2D eigenvalue weighted by Gasteiger charge is 2.05. The van der Waals surface area contributed by atoms with Crippen molar-refractivity contribution in [2.75, 3.05) is 30.5 Å². The molecule has 0 aliphatic heterocycles. The number of nitrogens with two attached hydrogens (primary N) is 2. The Kier molecular flexibility index (Phi) is 3.55. The number of nitrogen functional groups attached to an aromatic ring is 2. The zero-order chi connectivity index (χ0) is 9.30. The highest BCUT2D eigenvalue weighted by atomic mass is 35.5. The Morgan fingerprint density at radius 2 is 1.92 bits per heavy atom. The molecular weight excluding hydrogens is 194 g/mol. The number of halogens is 1. The van der Waals surface area contributed by atoms with Crippen molar-refractivity contribution in [3.05, 3.63) is 10.4 Å². The Bertz CT molecular complexity index is 347. The predicted octanol–water partition coefficient (Wildman–Crippen LogP) is -0.578. The average Bonchev–Trinajstić information content (AvgIpc) is 1.99. The molecule has 0 spiro atoms.